The largest absolute Gasteiger partial charge is 0.342 e. The van der Waals surface area contributed by atoms with E-state index in [2.05, 4.69) is 35.3 Å². The van der Waals surface area contributed by atoms with Gasteiger partial charge in [0, 0.05) is 0 Å². The Morgan fingerprint density at radius 3 is 2.44 bits per heavy atom. The van der Waals surface area contributed by atoms with Gasteiger partial charge in [-0.2, -0.15) is 15.4 Å². The number of aromatic nitrogens is 7. The molecule has 7 heteroatoms. The molecule has 0 saturated carbocycles. The van der Waals surface area contributed by atoms with Gasteiger partial charge in [-0.1, -0.05) is 12.1 Å². The Kier molecular flexibility index (Phi) is 2.63. The molecule has 0 atom stereocenters. The predicted octanol–water partition coefficient (Wildman–Crippen LogP) is 1.31. The summed E-state index contributed by atoms with van der Waals surface area (Å²) in [6, 6.07) is 7.70. The van der Waals surface area contributed by atoms with Gasteiger partial charge in [0.1, 0.15) is 22.9 Å². The van der Waals surface area contributed by atoms with Gasteiger partial charge in [-0.25, -0.2) is 15.0 Å². The average molecular weight is 239 g/mol. The molecule has 0 aliphatic carbocycles. The van der Waals surface area contributed by atoms with Crippen molar-refractivity contribution < 1.29 is 0 Å². The minimum atomic E-state index is 0.713. The molecule has 0 spiro atoms. The topological polar surface area (TPSA) is 96.0 Å². The van der Waals surface area contributed by atoms with E-state index in [4.69, 9.17) is 0 Å². The summed E-state index contributed by atoms with van der Waals surface area (Å²) in [4.78, 5) is 14.5. The van der Waals surface area contributed by atoms with Crippen LogP contribution in [0.5, 0.6) is 0 Å². The Hall–Kier alpha value is -2.83. The predicted molar refractivity (Wildman–Crippen MR) is 65.6 cm³/mol. The van der Waals surface area contributed by atoms with Gasteiger partial charge in [0.2, 0.25) is 0 Å². The van der Waals surface area contributed by atoms with Crippen LogP contribution in [0.3, 0.4) is 0 Å². The van der Waals surface area contributed by atoms with Gasteiger partial charge in [-0.05, 0) is 12.1 Å². The van der Waals surface area contributed by atoms with E-state index in [0.717, 1.165) is 16.6 Å². The summed E-state index contributed by atoms with van der Waals surface area (Å²) < 4.78 is 0. The smallest absolute Gasteiger partial charge is 0.180 e. The van der Waals surface area contributed by atoms with Crippen molar-refractivity contribution in [1.82, 2.24) is 35.3 Å². The Morgan fingerprint density at radius 2 is 1.72 bits per heavy atom. The van der Waals surface area contributed by atoms with Crippen LogP contribution in [0.1, 0.15) is 0 Å². The van der Waals surface area contributed by atoms with Crippen molar-refractivity contribution in [2.75, 3.05) is 0 Å². The van der Waals surface area contributed by atoms with Crippen LogP contribution in [0.4, 0.5) is 0 Å². The van der Waals surface area contributed by atoms with Crippen LogP contribution in [-0.2, 0) is 0 Å². The minimum absolute atomic E-state index is 0.713. The molecule has 0 amide bonds. The van der Waals surface area contributed by atoms with E-state index >= 15 is 0 Å². The third kappa shape index (κ3) is 2.01. The number of nitrogens with one attached hydrogen (secondary N) is 2. The number of rotatable bonds is 0. The number of imidazole rings is 1. The molecule has 0 aliphatic rings. The van der Waals surface area contributed by atoms with Crippen LogP contribution < -0.4 is 0 Å². The van der Waals surface area contributed by atoms with Crippen molar-refractivity contribution in [2.45, 2.75) is 0 Å². The lowest BCUT2D eigenvalue weighted by atomic mass is 10.3. The summed E-state index contributed by atoms with van der Waals surface area (Å²) >= 11 is 0. The molecule has 88 valence electrons. The Balaban J connectivity index is 0.000000111. The third-order valence-corrected chi connectivity index (χ3v) is 2.32. The number of para-hydroxylation sites is 2. The second-order valence-corrected chi connectivity index (χ2v) is 3.47. The summed E-state index contributed by atoms with van der Waals surface area (Å²) in [6.07, 6.45) is 4.76. The van der Waals surface area contributed by atoms with Gasteiger partial charge in [-0.15, -0.1) is 0 Å². The molecule has 0 saturated heterocycles. The van der Waals surface area contributed by atoms with E-state index in [1.54, 1.807) is 12.5 Å². The normalized spacial score (nSPS) is 10.2. The fraction of sp³-hybridized carbons (Fsp3) is 0. The molecule has 3 aromatic heterocycles. The van der Waals surface area contributed by atoms with Crippen LogP contribution >= 0.6 is 0 Å². The molecule has 18 heavy (non-hydrogen) atoms. The number of benzene rings is 1. The van der Waals surface area contributed by atoms with Crippen LogP contribution in [0, 0.1) is 0 Å². The molecule has 4 aromatic rings. The molecular weight excluding hydrogens is 230 g/mol. The third-order valence-electron chi connectivity index (χ3n) is 2.32. The van der Waals surface area contributed by atoms with Crippen molar-refractivity contribution in [2.24, 2.45) is 0 Å². The summed E-state index contributed by atoms with van der Waals surface area (Å²) in [6.45, 7) is 0. The summed E-state index contributed by atoms with van der Waals surface area (Å²) in [5.74, 6) is 0. The van der Waals surface area contributed by atoms with Gasteiger partial charge in [-0.3, -0.25) is 0 Å². The molecule has 0 radical (unpaired) electrons. The monoisotopic (exact) mass is 239 g/mol. The van der Waals surface area contributed by atoms with Crippen LogP contribution in [0.2, 0.25) is 0 Å². The highest BCUT2D eigenvalue weighted by Gasteiger charge is 1.91. The van der Waals surface area contributed by atoms with Crippen LogP contribution in [0.25, 0.3) is 22.2 Å². The fourth-order valence-electron chi connectivity index (χ4n) is 1.48. The molecule has 2 N–H and O–H groups in total. The van der Waals surface area contributed by atoms with Crippen LogP contribution in [-0.4, -0.2) is 35.3 Å². The fourth-order valence-corrected chi connectivity index (χ4v) is 1.48. The molecule has 0 bridgehead atoms. The number of nitrogens with zero attached hydrogens (tertiary/aromatic N) is 5. The van der Waals surface area contributed by atoms with Crippen molar-refractivity contribution in [3.63, 3.8) is 0 Å². The van der Waals surface area contributed by atoms with Crippen molar-refractivity contribution in [1.29, 1.82) is 0 Å². The molecule has 4 rings (SSSR count). The Bertz CT molecular complexity index is 631. The van der Waals surface area contributed by atoms with Crippen molar-refractivity contribution in [3.05, 3.63) is 43.1 Å². The van der Waals surface area contributed by atoms with Gasteiger partial charge in [0.25, 0.3) is 0 Å². The van der Waals surface area contributed by atoms with E-state index in [9.17, 15) is 0 Å². The van der Waals surface area contributed by atoms with Gasteiger partial charge < -0.3 is 4.98 Å². The average Bonchev–Trinajstić information content (AvgIpc) is 3.08. The Morgan fingerprint density at radius 1 is 0.944 bits per heavy atom. The molecule has 1 aromatic carbocycles. The quantitative estimate of drug-likeness (QED) is 0.482. The lowest BCUT2D eigenvalue weighted by Gasteiger charge is -1.80. The van der Waals surface area contributed by atoms with E-state index in [1.807, 2.05) is 24.3 Å². The first-order chi connectivity index (χ1) is 8.93. The highest BCUT2D eigenvalue weighted by Crippen LogP contribution is 2.03. The van der Waals surface area contributed by atoms with Crippen molar-refractivity contribution >= 4 is 22.2 Å². The molecule has 0 fully saturated rings. The maximum Gasteiger partial charge on any atom is 0.180 e. The first-order valence-corrected chi connectivity index (χ1v) is 5.28. The van der Waals surface area contributed by atoms with E-state index in [0.29, 0.717) is 5.65 Å². The number of fused-ring (bicyclic) bond motifs is 2. The summed E-state index contributed by atoms with van der Waals surface area (Å²) in [5, 5.41) is 10.3. The van der Waals surface area contributed by atoms with Crippen molar-refractivity contribution in [3.8, 4) is 0 Å². The number of aromatic amines is 2. The number of hydrogen-bond donors (Lipinski definition) is 2. The maximum atomic E-state index is 3.91. The highest BCUT2D eigenvalue weighted by molar-refractivity contribution is 5.72. The zero-order valence-corrected chi connectivity index (χ0v) is 9.28. The maximum absolute atomic E-state index is 3.91. The lowest BCUT2D eigenvalue weighted by molar-refractivity contribution is 0.959. The van der Waals surface area contributed by atoms with E-state index in [1.165, 1.54) is 6.33 Å². The molecule has 7 nitrogen and oxygen atoms in total. The lowest BCUT2D eigenvalue weighted by Crippen LogP contribution is -1.76. The molecule has 0 aliphatic heterocycles. The van der Waals surface area contributed by atoms with E-state index < -0.39 is 0 Å². The standard InChI is InChI=1S/C6H5N3.C5H4N4/c1-2-4-6-5(3-1)7-9-8-6;1-4-5(8-2-6-1)9-3-7-4/h1-4H,(H,7,8,9);1-3H,(H,6,7,8,9). The molecular formula is C11H9N7. The Labute approximate surface area is 101 Å². The zero-order valence-electron chi connectivity index (χ0n) is 9.28. The van der Waals surface area contributed by atoms with Gasteiger partial charge in [0.05, 0.1) is 12.5 Å². The summed E-state index contributed by atoms with van der Waals surface area (Å²) in [7, 11) is 0. The highest BCUT2D eigenvalue weighted by atomic mass is 15.3. The number of H-pyrrole nitrogens is 2. The SMILES string of the molecule is c1ccc2n[nH]nc2c1.c1ncc2[nH]cnc2n1. The zero-order chi connectivity index (χ0) is 12.2. The first-order valence-electron chi connectivity index (χ1n) is 5.28. The second-order valence-electron chi connectivity index (χ2n) is 3.47. The second kappa shape index (κ2) is 4.58. The first kappa shape index (κ1) is 10.3. The summed E-state index contributed by atoms with van der Waals surface area (Å²) in [5.41, 5.74) is 3.41. The van der Waals surface area contributed by atoms with Crippen LogP contribution in [0.15, 0.2) is 43.1 Å². The molecule has 3 heterocycles. The van der Waals surface area contributed by atoms with Gasteiger partial charge >= 0.3 is 0 Å². The molecule has 0 unspecified atom stereocenters. The van der Waals surface area contributed by atoms with Gasteiger partial charge in [0.15, 0.2) is 5.65 Å². The minimum Gasteiger partial charge on any atom is -0.342 e. The van der Waals surface area contributed by atoms with E-state index in [-0.39, 0.29) is 0 Å². The number of hydrogen-bond acceptors (Lipinski definition) is 5.